The summed E-state index contributed by atoms with van der Waals surface area (Å²) in [6.45, 7) is 1.24. The van der Waals surface area contributed by atoms with Gasteiger partial charge in [0.05, 0.1) is 23.8 Å². The van der Waals surface area contributed by atoms with Crippen molar-refractivity contribution in [3.63, 3.8) is 0 Å². The standard InChI is InChI=1S/C25H20FN3O4/c1-28-11-12-33-20-9-4-15(13-19(20)28)23(30)21-22(16-3-2-10-27-14-16)29(25(32)24(21)31)18-7-5-17(26)6-8-18/h2-10,13-14,22,30H,11-12H2,1H3/b23-21-. The molecule has 33 heavy (non-hydrogen) atoms. The quantitative estimate of drug-likeness (QED) is 0.376. The lowest BCUT2D eigenvalue weighted by Crippen LogP contribution is -2.29. The van der Waals surface area contributed by atoms with Gasteiger partial charge in [0.2, 0.25) is 0 Å². The van der Waals surface area contributed by atoms with Crippen LogP contribution in [0, 0.1) is 5.82 Å². The summed E-state index contributed by atoms with van der Waals surface area (Å²) >= 11 is 0. The van der Waals surface area contributed by atoms with E-state index in [9.17, 15) is 19.1 Å². The van der Waals surface area contributed by atoms with Gasteiger partial charge in [0.1, 0.15) is 23.9 Å². The molecule has 166 valence electrons. The van der Waals surface area contributed by atoms with Gasteiger partial charge >= 0.3 is 0 Å². The van der Waals surface area contributed by atoms with Gasteiger partial charge in [0.25, 0.3) is 11.7 Å². The predicted octanol–water partition coefficient (Wildman–Crippen LogP) is 3.68. The molecule has 0 radical (unpaired) electrons. The zero-order valence-electron chi connectivity index (χ0n) is 17.7. The number of Topliss-reactive ketones (excluding diaryl/α,β-unsaturated/α-hetero) is 1. The van der Waals surface area contributed by atoms with Crippen molar-refractivity contribution >= 4 is 28.8 Å². The van der Waals surface area contributed by atoms with Gasteiger partial charge in [-0.25, -0.2) is 4.39 Å². The number of carbonyl (C=O) groups excluding carboxylic acids is 2. The molecule has 3 aromatic rings. The first-order valence-corrected chi connectivity index (χ1v) is 10.4. The Kier molecular flexibility index (Phi) is 5.05. The highest BCUT2D eigenvalue weighted by Crippen LogP contribution is 2.43. The number of aliphatic hydroxyl groups is 1. The zero-order valence-corrected chi connectivity index (χ0v) is 17.7. The summed E-state index contributed by atoms with van der Waals surface area (Å²) in [6.07, 6.45) is 3.11. The first-order valence-electron chi connectivity index (χ1n) is 10.4. The van der Waals surface area contributed by atoms with E-state index in [1.54, 1.807) is 36.5 Å². The zero-order chi connectivity index (χ0) is 23.1. The van der Waals surface area contributed by atoms with Crippen LogP contribution in [-0.2, 0) is 9.59 Å². The number of benzene rings is 2. The second kappa shape index (κ2) is 8.05. The Morgan fingerprint density at radius 3 is 2.67 bits per heavy atom. The first-order chi connectivity index (χ1) is 16.0. The Morgan fingerprint density at radius 1 is 1.15 bits per heavy atom. The minimum Gasteiger partial charge on any atom is -0.507 e. The Balaban J connectivity index is 1.69. The number of likely N-dealkylation sites (N-methyl/N-ethyl adjacent to an activating group) is 1. The number of ether oxygens (including phenoxy) is 1. The number of carbonyl (C=O) groups is 2. The molecule has 0 saturated carbocycles. The van der Waals surface area contributed by atoms with Crippen LogP contribution in [0.2, 0.25) is 0 Å². The molecule has 1 atom stereocenters. The Morgan fingerprint density at radius 2 is 1.94 bits per heavy atom. The predicted molar refractivity (Wildman–Crippen MR) is 121 cm³/mol. The molecule has 1 fully saturated rings. The number of halogens is 1. The van der Waals surface area contributed by atoms with Crippen LogP contribution in [0.4, 0.5) is 15.8 Å². The Hall–Kier alpha value is -4.20. The summed E-state index contributed by atoms with van der Waals surface area (Å²) in [4.78, 5) is 33.6. The monoisotopic (exact) mass is 445 g/mol. The van der Waals surface area contributed by atoms with Crippen LogP contribution in [0.15, 0.2) is 72.6 Å². The highest BCUT2D eigenvalue weighted by atomic mass is 19.1. The van der Waals surface area contributed by atoms with Crippen molar-refractivity contribution in [3.8, 4) is 5.75 Å². The van der Waals surface area contributed by atoms with Crippen LogP contribution in [0.3, 0.4) is 0 Å². The van der Waals surface area contributed by atoms with Gasteiger partial charge in [-0.05, 0) is 54.1 Å². The van der Waals surface area contributed by atoms with E-state index in [4.69, 9.17) is 4.74 Å². The van der Waals surface area contributed by atoms with Crippen LogP contribution in [0.25, 0.3) is 5.76 Å². The van der Waals surface area contributed by atoms with E-state index in [1.807, 2.05) is 11.9 Å². The maximum atomic E-state index is 13.5. The lowest BCUT2D eigenvalue weighted by molar-refractivity contribution is -0.132. The molecular formula is C25H20FN3O4. The van der Waals surface area contributed by atoms with Gasteiger partial charge in [-0.1, -0.05) is 6.07 Å². The van der Waals surface area contributed by atoms with Crippen LogP contribution < -0.4 is 14.5 Å². The van der Waals surface area contributed by atoms with Crippen LogP contribution >= 0.6 is 0 Å². The fourth-order valence-electron chi connectivity index (χ4n) is 4.21. The Bertz CT molecular complexity index is 1270. The number of fused-ring (bicyclic) bond motifs is 1. The van der Waals surface area contributed by atoms with E-state index >= 15 is 0 Å². The van der Waals surface area contributed by atoms with Crippen LogP contribution in [0.1, 0.15) is 17.2 Å². The molecule has 0 bridgehead atoms. The summed E-state index contributed by atoms with van der Waals surface area (Å²) < 4.78 is 19.2. The van der Waals surface area contributed by atoms with Gasteiger partial charge in [-0.2, -0.15) is 0 Å². The van der Waals surface area contributed by atoms with Crippen molar-refractivity contribution in [3.05, 3.63) is 89.5 Å². The topological polar surface area (TPSA) is 83.0 Å². The number of pyridine rings is 1. The minimum absolute atomic E-state index is 0.0587. The number of rotatable bonds is 3. The maximum Gasteiger partial charge on any atom is 0.300 e. The summed E-state index contributed by atoms with van der Waals surface area (Å²) in [5.41, 5.74) is 1.98. The van der Waals surface area contributed by atoms with Crippen molar-refractivity contribution in [2.75, 3.05) is 30.0 Å². The summed E-state index contributed by atoms with van der Waals surface area (Å²) in [6, 6.07) is 12.9. The van der Waals surface area contributed by atoms with E-state index in [1.165, 1.54) is 35.4 Å². The molecule has 8 heteroatoms. The highest BCUT2D eigenvalue weighted by molar-refractivity contribution is 6.51. The molecule has 0 aliphatic carbocycles. The van der Waals surface area contributed by atoms with Crippen molar-refractivity contribution < 1.29 is 23.8 Å². The van der Waals surface area contributed by atoms with E-state index in [0.29, 0.717) is 35.7 Å². The molecule has 1 N–H and O–H groups in total. The number of amides is 1. The first kappa shape index (κ1) is 20.7. The fraction of sp³-hybridized carbons (Fsp3) is 0.160. The van der Waals surface area contributed by atoms with Gasteiger partial charge in [-0.15, -0.1) is 0 Å². The van der Waals surface area contributed by atoms with Crippen molar-refractivity contribution in [1.82, 2.24) is 4.98 Å². The molecule has 1 amide bonds. The second-order valence-corrected chi connectivity index (χ2v) is 7.88. The third kappa shape index (κ3) is 3.49. The summed E-state index contributed by atoms with van der Waals surface area (Å²) in [5, 5.41) is 11.3. The van der Waals surface area contributed by atoms with Crippen molar-refractivity contribution in [2.24, 2.45) is 0 Å². The van der Waals surface area contributed by atoms with Gasteiger partial charge in [-0.3, -0.25) is 19.5 Å². The number of hydrogen-bond acceptors (Lipinski definition) is 6. The third-order valence-electron chi connectivity index (χ3n) is 5.88. The van der Waals surface area contributed by atoms with Gasteiger partial charge < -0.3 is 14.7 Å². The molecule has 3 heterocycles. The molecule has 1 unspecified atom stereocenters. The fourth-order valence-corrected chi connectivity index (χ4v) is 4.21. The van der Waals surface area contributed by atoms with E-state index < -0.39 is 23.5 Å². The van der Waals surface area contributed by atoms with Gasteiger partial charge in [0, 0.05) is 30.7 Å². The average Bonchev–Trinajstić information content (AvgIpc) is 3.10. The summed E-state index contributed by atoms with van der Waals surface area (Å²) in [7, 11) is 1.91. The molecule has 2 aliphatic heterocycles. The number of hydrogen-bond donors (Lipinski definition) is 1. The molecule has 7 nitrogen and oxygen atoms in total. The SMILES string of the molecule is CN1CCOc2ccc(/C(O)=C3/C(=O)C(=O)N(c4ccc(F)cc4)C3c3cccnc3)cc21. The van der Waals surface area contributed by atoms with Crippen molar-refractivity contribution in [2.45, 2.75) is 6.04 Å². The molecule has 1 aromatic heterocycles. The lowest BCUT2D eigenvalue weighted by atomic mass is 9.95. The van der Waals surface area contributed by atoms with E-state index in [0.717, 1.165) is 5.69 Å². The minimum atomic E-state index is -0.922. The normalized spacial score (nSPS) is 19.4. The molecule has 5 rings (SSSR count). The van der Waals surface area contributed by atoms with Crippen LogP contribution in [0.5, 0.6) is 5.75 Å². The molecule has 1 saturated heterocycles. The highest BCUT2D eigenvalue weighted by Gasteiger charge is 2.47. The third-order valence-corrected chi connectivity index (χ3v) is 5.88. The number of anilines is 2. The lowest BCUT2D eigenvalue weighted by Gasteiger charge is -2.28. The van der Waals surface area contributed by atoms with Crippen LogP contribution in [-0.4, -0.2) is 42.0 Å². The number of aliphatic hydroxyl groups excluding tert-OH is 1. The number of aromatic nitrogens is 1. The smallest absolute Gasteiger partial charge is 0.300 e. The number of nitrogens with zero attached hydrogens (tertiary/aromatic N) is 3. The van der Waals surface area contributed by atoms with Crippen molar-refractivity contribution in [1.29, 1.82) is 0 Å². The van der Waals surface area contributed by atoms with Gasteiger partial charge in [0.15, 0.2) is 0 Å². The second-order valence-electron chi connectivity index (χ2n) is 7.88. The maximum absolute atomic E-state index is 13.5. The summed E-state index contributed by atoms with van der Waals surface area (Å²) in [5.74, 6) is -1.72. The number of ketones is 1. The average molecular weight is 445 g/mol. The van der Waals surface area contributed by atoms with E-state index in [2.05, 4.69) is 4.98 Å². The molecule has 2 aromatic carbocycles. The van der Waals surface area contributed by atoms with E-state index in [-0.39, 0.29) is 11.3 Å². The molecule has 0 spiro atoms. The largest absolute Gasteiger partial charge is 0.507 e. The molecule has 2 aliphatic rings. The molecular weight excluding hydrogens is 425 g/mol. The Labute approximate surface area is 189 Å².